The Morgan fingerprint density at radius 2 is 2.16 bits per heavy atom. The van der Waals surface area contributed by atoms with E-state index in [-0.39, 0.29) is 0 Å². The number of hydrogen-bond donors (Lipinski definition) is 1. The summed E-state index contributed by atoms with van der Waals surface area (Å²) < 4.78 is 18.6. The quantitative estimate of drug-likeness (QED) is 0.816. The Labute approximate surface area is 113 Å². The third-order valence-electron chi connectivity index (χ3n) is 2.98. The van der Waals surface area contributed by atoms with Crippen LogP contribution in [0.2, 0.25) is 5.15 Å². The fourth-order valence-electron chi connectivity index (χ4n) is 1.97. The zero-order valence-corrected chi connectivity index (χ0v) is 10.6. The number of rotatable bonds is 1. The predicted molar refractivity (Wildman–Crippen MR) is 67.5 cm³/mol. The molecule has 4 nitrogen and oxygen atoms in total. The van der Waals surface area contributed by atoms with Crippen molar-refractivity contribution in [2.24, 2.45) is 0 Å². The van der Waals surface area contributed by atoms with Gasteiger partial charge in [0.25, 0.3) is 0 Å². The Morgan fingerprint density at radius 3 is 2.95 bits per heavy atom. The molecule has 1 aliphatic heterocycles. The van der Waals surface area contributed by atoms with Crippen molar-refractivity contribution < 1.29 is 14.2 Å². The molecule has 0 radical (unpaired) electrons. The fraction of sp³-hybridized carbons (Fsp3) is 0.231. The van der Waals surface area contributed by atoms with Gasteiger partial charge in [-0.25, -0.2) is 14.4 Å². The Bertz CT molecular complexity index is 649. The summed E-state index contributed by atoms with van der Waals surface area (Å²) in [4.78, 5) is 8.54. The molecule has 98 valence electrons. The molecule has 0 saturated carbocycles. The lowest BCUT2D eigenvalue weighted by atomic mass is 10.1. The van der Waals surface area contributed by atoms with Crippen LogP contribution < -0.4 is 0 Å². The van der Waals surface area contributed by atoms with E-state index in [1.807, 2.05) is 0 Å². The minimum absolute atomic E-state index is 0.327. The standard InChI is InChI=1S/C13H10ClFN2O2/c14-12-8-6-19-4-3-10(8)16-13(17-12)7-1-2-11(18)9(15)5-7/h1-2,5,18H,3-4,6H2. The van der Waals surface area contributed by atoms with E-state index in [2.05, 4.69) is 9.97 Å². The first kappa shape index (κ1) is 12.3. The van der Waals surface area contributed by atoms with Gasteiger partial charge in [-0.15, -0.1) is 0 Å². The molecule has 3 rings (SSSR count). The van der Waals surface area contributed by atoms with Gasteiger partial charge in [-0.3, -0.25) is 0 Å². The highest BCUT2D eigenvalue weighted by Gasteiger charge is 2.18. The number of aromatic hydroxyl groups is 1. The molecule has 1 aromatic heterocycles. The van der Waals surface area contributed by atoms with Gasteiger partial charge in [-0.05, 0) is 18.2 Å². The van der Waals surface area contributed by atoms with E-state index in [9.17, 15) is 9.50 Å². The van der Waals surface area contributed by atoms with E-state index in [0.29, 0.717) is 36.2 Å². The smallest absolute Gasteiger partial charge is 0.165 e. The Balaban J connectivity index is 2.10. The SMILES string of the molecule is Oc1ccc(-c2nc(Cl)c3c(n2)CCOC3)cc1F. The zero-order chi connectivity index (χ0) is 13.4. The number of hydrogen-bond acceptors (Lipinski definition) is 4. The molecule has 0 spiro atoms. The molecule has 6 heteroatoms. The topological polar surface area (TPSA) is 55.2 Å². The Morgan fingerprint density at radius 1 is 1.32 bits per heavy atom. The van der Waals surface area contributed by atoms with Crippen LogP contribution in [0.3, 0.4) is 0 Å². The molecule has 0 unspecified atom stereocenters. The molecule has 0 bridgehead atoms. The van der Waals surface area contributed by atoms with E-state index in [4.69, 9.17) is 16.3 Å². The minimum Gasteiger partial charge on any atom is -0.505 e. The maximum absolute atomic E-state index is 13.3. The van der Waals surface area contributed by atoms with Crippen molar-refractivity contribution in [2.45, 2.75) is 13.0 Å². The molecule has 0 atom stereocenters. The first-order valence-corrected chi connectivity index (χ1v) is 6.15. The number of halogens is 2. The van der Waals surface area contributed by atoms with Gasteiger partial charge in [-0.1, -0.05) is 11.6 Å². The molecular formula is C13H10ClFN2O2. The average Bonchev–Trinajstić information content (AvgIpc) is 2.42. The van der Waals surface area contributed by atoms with Gasteiger partial charge in [0.2, 0.25) is 0 Å². The molecular weight excluding hydrogens is 271 g/mol. The third-order valence-corrected chi connectivity index (χ3v) is 3.29. The number of benzene rings is 1. The second kappa shape index (κ2) is 4.75. The highest BCUT2D eigenvalue weighted by molar-refractivity contribution is 6.30. The van der Waals surface area contributed by atoms with Gasteiger partial charge in [0, 0.05) is 17.5 Å². The van der Waals surface area contributed by atoms with Gasteiger partial charge in [-0.2, -0.15) is 0 Å². The number of phenols is 1. The fourth-order valence-corrected chi connectivity index (χ4v) is 2.21. The van der Waals surface area contributed by atoms with Gasteiger partial charge in [0.15, 0.2) is 17.4 Å². The van der Waals surface area contributed by atoms with E-state index in [1.54, 1.807) is 6.07 Å². The number of aromatic nitrogens is 2. The maximum atomic E-state index is 13.3. The van der Waals surface area contributed by atoms with E-state index >= 15 is 0 Å². The van der Waals surface area contributed by atoms with Crippen LogP contribution in [0.1, 0.15) is 11.3 Å². The maximum Gasteiger partial charge on any atom is 0.165 e. The molecule has 2 aromatic rings. The van der Waals surface area contributed by atoms with Gasteiger partial charge in [0.1, 0.15) is 5.15 Å². The van der Waals surface area contributed by atoms with E-state index in [0.717, 1.165) is 11.3 Å². The highest BCUT2D eigenvalue weighted by atomic mass is 35.5. The van der Waals surface area contributed by atoms with Gasteiger partial charge < -0.3 is 9.84 Å². The summed E-state index contributed by atoms with van der Waals surface area (Å²) in [6.45, 7) is 0.988. The number of ether oxygens (including phenoxy) is 1. The summed E-state index contributed by atoms with van der Waals surface area (Å²) in [7, 11) is 0. The summed E-state index contributed by atoms with van der Waals surface area (Å²) in [5.74, 6) is -0.760. The second-order valence-corrected chi connectivity index (χ2v) is 4.59. The third kappa shape index (κ3) is 2.27. The molecule has 1 N–H and O–H groups in total. The van der Waals surface area contributed by atoms with Crippen LogP contribution in [0.25, 0.3) is 11.4 Å². The Hall–Kier alpha value is -1.72. The predicted octanol–water partition coefficient (Wildman–Crippen LogP) is 2.71. The molecule has 1 aliphatic rings. The molecule has 0 saturated heterocycles. The number of fused-ring (bicyclic) bond motifs is 1. The van der Waals surface area contributed by atoms with Crippen molar-refractivity contribution >= 4 is 11.6 Å². The van der Waals surface area contributed by atoms with Crippen LogP contribution in [0.4, 0.5) is 4.39 Å². The number of phenolic OH excluding ortho intramolecular Hbond substituents is 1. The van der Waals surface area contributed by atoms with E-state index < -0.39 is 11.6 Å². The first-order valence-electron chi connectivity index (χ1n) is 5.77. The summed E-state index contributed by atoms with van der Waals surface area (Å²) in [5.41, 5.74) is 2.09. The second-order valence-electron chi connectivity index (χ2n) is 4.23. The summed E-state index contributed by atoms with van der Waals surface area (Å²) in [6, 6.07) is 4.01. The lowest BCUT2D eigenvalue weighted by molar-refractivity contribution is 0.109. The van der Waals surface area contributed by atoms with E-state index in [1.165, 1.54) is 12.1 Å². The number of nitrogens with zero attached hydrogens (tertiary/aromatic N) is 2. The van der Waals surface area contributed by atoms with Crippen LogP contribution in [0.5, 0.6) is 5.75 Å². The van der Waals surface area contributed by atoms with Crippen molar-refractivity contribution in [3.05, 3.63) is 40.4 Å². The van der Waals surface area contributed by atoms with Crippen LogP contribution >= 0.6 is 11.6 Å². The van der Waals surface area contributed by atoms with Crippen molar-refractivity contribution in [1.29, 1.82) is 0 Å². The van der Waals surface area contributed by atoms with Gasteiger partial charge in [0.05, 0.1) is 18.9 Å². The van der Waals surface area contributed by atoms with Crippen LogP contribution in [-0.2, 0) is 17.8 Å². The van der Waals surface area contributed by atoms with Crippen molar-refractivity contribution in [1.82, 2.24) is 9.97 Å². The minimum atomic E-state index is -0.710. The Kier molecular flexibility index (Phi) is 3.08. The zero-order valence-electron chi connectivity index (χ0n) is 9.86. The summed E-state index contributed by atoms with van der Waals surface area (Å²) in [5, 5.41) is 9.51. The molecule has 19 heavy (non-hydrogen) atoms. The molecule has 0 aliphatic carbocycles. The lowest BCUT2D eigenvalue weighted by Crippen LogP contribution is -2.14. The molecule has 1 aromatic carbocycles. The first-order chi connectivity index (χ1) is 9.15. The van der Waals surface area contributed by atoms with Crippen LogP contribution in [0, 0.1) is 5.82 Å². The normalized spacial score (nSPS) is 14.2. The lowest BCUT2D eigenvalue weighted by Gasteiger charge is -2.17. The van der Waals surface area contributed by atoms with Crippen molar-refractivity contribution in [3.63, 3.8) is 0 Å². The highest BCUT2D eigenvalue weighted by Crippen LogP contribution is 2.27. The van der Waals surface area contributed by atoms with Crippen molar-refractivity contribution in [2.75, 3.05) is 6.61 Å². The summed E-state index contributed by atoms with van der Waals surface area (Å²) >= 11 is 6.09. The summed E-state index contributed by atoms with van der Waals surface area (Å²) in [6.07, 6.45) is 0.658. The molecule has 2 heterocycles. The molecule has 0 amide bonds. The largest absolute Gasteiger partial charge is 0.505 e. The van der Waals surface area contributed by atoms with Crippen LogP contribution in [0.15, 0.2) is 18.2 Å². The van der Waals surface area contributed by atoms with Crippen LogP contribution in [-0.4, -0.2) is 21.7 Å². The molecule has 0 fully saturated rings. The monoisotopic (exact) mass is 280 g/mol. The average molecular weight is 281 g/mol. The van der Waals surface area contributed by atoms with Gasteiger partial charge >= 0.3 is 0 Å². The van der Waals surface area contributed by atoms with Crippen molar-refractivity contribution in [3.8, 4) is 17.1 Å².